The Bertz CT molecular complexity index is 588. The Kier molecular flexibility index (Phi) is 3.96. The summed E-state index contributed by atoms with van der Waals surface area (Å²) < 4.78 is 3.10. The Balaban J connectivity index is 2.35. The molecule has 8 heteroatoms. The van der Waals surface area contributed by atoms with E-state index in [0.717, 1.165) is 0 Å². The van der Waals surface area contributed by atoms with E-state index in [1.165, 1.54) is 10.9 Å². The molecule has 0 aliphatic heterocycles. The predicted molar refractivity (Wildman–Crippen MR) is 70.1 cm³/mol. The maximum absolute atomic E-state index is 12.4. The number of carbonyl (C=O) groups is 1. The van der Waals surface area contributed by atoms with Crippen LogP contribution in [0.5, 0.6) is 0 Å². The molecule has 0 radical (unpaired) electrons. The summed E-state index contributed by atoms with van der Waals surface area (Å²) in [6.45, 7) is 4.79. The van der Waals surface area contributed by atoms with Gasteiger partial charge in [0.05, 0.1) is 24.0 Å². The van der Waals surface area contributed by atoms with Crippen molar-refractivity contribution in [3.63, 3.8) is 0 Å². The molecule has 0 saturated heterocycles. The topological polar surface area (TPSA) is 91.6 Å². The van der Waals surface area contributed by atoms with Crippen LogP contribution >= 0.6 is 11.6 Å². The number of hydrogen-bond acceptors (Lipinski definition) is 5. The van der Waals surface area contributed by atoms with E-state index < -0.39 is 0 Å². The second kappa shape index (κ2) is 5.50. The van der Waals surface area contributed by atoms with Gasteiger partial charge in [0.2, 0.25) is 5.78 Å². The first kappa shape index (κ1) is 13.7. The molecule has 19 heavy (non-hydrogen) atoms. The summed E-state index contributed by atoms with van der Waals surface area (Å²) in [6, 6.07) is 0.0329. The summed E-state index contributed by atoms with van der Waals surface area (Å²) in [7, 11) is 0. The van der Waals surface area contributed by atoms with E-state index in [9.17, 15) is 4.79 Å². The van der Waals surface area contributed by atoms with Crippen molar-refractivity contribution in [1.29, 1.82) is 0 Å². The third kappa shape index (κ3) is 2.66. The second-order valence-corrected chi connectivity index (χ2v) is 4.77. The molecule has 2 rings (SSSR count). The van der Waals surface area contributed by atoms with E-state index >= 15 is 0 Å². The molecule has 0 fully saturated rings. The number of halogens is 1. The molecule has 0 bridgehead atoms. The first-order chi connectivity index (χ1) is 9.04. The third-order valence-corrected chi connectivity index (χ3v) is 2.86. The molecule has 2 heterocycles. The van der Waals surface area contributed by atoms with Crippen molar-refractivity contribution < 1.29 is 4.79 Å². The van der Waals surface area contributed by atoms with Crippen molar-refractivity contribution >= 4 is 17.4 Å². The van der Waals surface area contributed by atoms with Crippen molar-refractivity contribution in [2.75, 3.05) is 6.54 Å². The zero-order valence-electron chi connectivity index (χ0n) is 10.7. The van der Waals surface area contributed by atoms with Gasteiger partial charge in [-0.2, -0.15) is 5.10 Å². The average molecular weight is 283 g/mol. The monoisotopic (exact) mass is 282 g/mol. The molecular formula is C11H15ClN6O. The highest BCUT2D eigenvalue weighted by Crippen LogP contribution is 2.21. The van der Waals surface area contributed by atoms with E-state index in [2.05, 4.69) is 15.4 Å². The highest BCUT2D eigenvalue weighted by atomic mass is 35.5. The Hall–Kier alpha value is -1.73. The number of carbonyl (C=O) groups excluding carboxylic acids is 1. The normalized spacial score (nSPS) is 11.2. The van der Waals surface area contributed by atoms with Gasteiger partial charge in [-0.05, 0) is 13.8 Å². The quantitative estimate of drug-likeness (QED) is 0.823. The molecule has 0 spiro atoms. The number of aromatic nitrogens is 5. The SMILES string of the molecule is CC(C)n1ncc(Cl)c1C(=O)c1cn(CCN)nn1. The Morgan fingerprint density at radius 1 is 1.53 bits per heavy atom. The summed E-state index contributed by atoms with van der Waals surface area (Å²) in [5.74, 6) is -0.292. The zero-order chi connectivity index (χ0) is 14.0. The first-order valence-corrected chi connectivity index (χ1v) is 6.30. The first-order valence-electron chi connectivity index (χ1n) is 5.92. The largest absolute Gasteiger partial charge is 0.329 e. The van der Waals surface area contributed by atoms with Gasteiger partial charge in [0, 0.05) is 12.6 Å². The van der Waals surface area contributed by atoms with Crippen molar-refractivity contribution in [3.05, 3.63) is 28.8 Å². The molecule has 0 amide bonds. The molecule has 2 aromatic heterocycles. The third-order valence-electron chi connectivity index (χ3n) is 2.58. The number of rotatable bonds is 5. The molecule has 0 aliphatic rings. The van der Waals surface area contributed by atoms with Gasteiger partial charge in [-0.25, -0.2) is 0 Å². The van der Waals surface area contributed by atoms with Crippen molar-refractivity contribution in [3.8, 4) is 0 Å². The number of hydrogen-bond donors (Lipinski definition) is 1. The van der Waals surface area contributed by atoms with Crippen molar-refractivity contribution in [1.82, 2.24) is 24.8 Å². The van der Waals surface area contributed by atoms with Gasteiger partial charge in [0.15, 0.2) is 5.69 Å². The van der Waals surface area contributed by atoms with Crippen molar-refractivity contribution in [2.24, 2.45) is 5.73 Å². The standard InChI is InChI=1S/C11H15ClN6O/c1-7(2)18-10(8(12)5-14-18)11(19)9-6-17(4-3-13)16-15-9/h5-7H,3-4,13H2,1-2H3. The van der Waals surface area contributed by atoms with E-state index in [4.69, 9.17) is 17.3 Å². The molecule has 7 nitrogen and oxygen atoms in total. The van der Waals surface area contributed by atoms with Crippen LogP contribution in [0.1, 0.15) is 36.1 Å². The Morgan fingerprint density at radius 2 is 2.26 bits per heavy atom. The lowest BCUT2D eigenvalue weighted by molar-refractivity contribution is 0.102. The van der Waals surface area contributed by atoms with Crippen molar-refractivity contribution in [2.45, 2.75) is 26.4 Å². The Morgan fingerprint density at radius 3 is 2.89 bits per heavy atom. The lowest BCUT2D eigenvalue weighted by Crippen LogP contribution is -2.14. The Labute approximate surface area is 115 Å². The summed E-state index contributed by atoms with van der Waals surface area (Å²) >= 11 is 6.02. The summed E-state index contributed by atoms with van der Waals surface area (Å²) in [5, 5.41) is 12.1. The fourth-order valence-electron chi connectivity index (χ4n) is 1.71. The summed E-state index contributed by atoms with van der Waals surface area (Å²) in [4.78, 5) is 12.4. The van der Waals surface area contributed by atoms with Crippen LogP contribution in [0, 0.1) is 0 Å². The number of nitrogens with zero attached hydrogens (tertiary/aromatic N) is 5. The second-order valence-electron chi connectivity index (χ2n) is 4.36. The van der Waals surface area contributed by atoms with Gasteiger partial charge in [0.25, 0.3) is 0 Å². The fourth-order valence-corrected chi connectivity index (χ4v) is 1.93. The number of ketones is 1. The van der Waals surface area contributed by atoms with Crippen LogP contribution in [-0.2, 0) is 6.54 Å². The van der Waals surface area contributed by atoms with E-state index in [-0.39, 0.29) is 17.5 Å². The minimum Gasteiger partial charge on any atom is -0.329 e. The maximum atomic E-state index is 12.4. The molecule has 0 unspecified atom stereocenters. The minimum atomic E-state index is -0.292. The van der Waals surface area contributed by atoms with Gasteiger partial charge in [-0.15, -0.1) is 5.10 Å². The lowest BCUT2D eigenvalue weighted by atomic mass is 10.2. The molecule has 2 aromatic rings. The van der Waals surface area contributed by atoms with Crippen LogP contribution in [0.25, 0.3) is 0 Å². The number of nitrogens with two attached hydrogens (primary N) is 1. The van der Waals surface area contributed by atoms with Crippen LogP contribution < -0.4 is 5.73 Å². The van der Waals surface area contributed by atoms with Crippen LogP contribution in [0.4, 0.5) is 0 Å². The van der Waals surface area contributed by atoms with E-state index in [1.807, 2.05) is 13.8 Å². The molecular weight excluding hydrogens is 268 g/mol. The van der Waals surface area contributed by atoms with Gasteiger partial charge >= 0.3 is 0 Å². The van der Waals surface area contributed by atoms with E-state index in [1.54, 1.807) is 10.9 Å². The average Bonchev–Trinajstić information content (AvgIpc) is 2.95. The molecule has 102 valence electrons. The van der Waals surface area contributed by atoms with Crippen LogP contribution in [0.2, 0.25) is 5.02 Å². The van der Waals surface area contributed by atoms with Crippen LogP contribution in [0.15, 0.2) is 12.4 Å². The molecule has 0 atom stereocenters. The highest BCUT2D eigenvalue weighted by molar-refractivity contribution is 6.34. The zero-order valence-corrected chi connectivity index (χ0v) is 11.5. The smallest absolute Gasteiger partial charge is 0.234 e. The predicted octanol–water partition coefficient (Wildman–Crippen LogP) is 0.899. The lowest BCUT2D eigenvalue weighted by Gasteiger charge is -2.09. The molecule has 0 aliphatic carbocycles. The maximum Gasteiger partial charge on any atom is 0.234 e. The molecule has 0 aromatic carbocycles. The van der Waals surface area contributed by atoms with Crippen LogP contribution in [-0.4, -0.2) is 37.1 Å². The van der Waals surface area contributed by atoms with Gasteiger partial charge in [-0.3, -0.25) is 14.2 Å². The van der Waals surface area contributed by atoms with Gasteiger partial charge in [-0.1, -0.05) is 16.8 Å². The van der Waals surface area contributed by atoms with Gasteiger partial charge in [0.1, 0.15) is 5.69 Å². The van der Waals surface area contributed by atoms with E-state index in [0.29, 0.717) is 23.8 Å². The fraction of sp³-hybridized carbons (Fsp3) is 0.455. The molecule has 0 saturated carbocycles. The summed E-state index contributed by atoms with van der Waals surface area (Å²) in [5.41, 5.74) is 5.98. The molecule has 2 N–H and O–H groups in total. The van der Waals surface area contributed by atoms with Gasteiger partial charge < -0.3 is 5.73 Å². The summed E-state index contributed by atoms with van der Waals surface area (Å²) in [6.07, 6.45) is 3.02. The highest BCUT2D eigenvalue weighted by Gasteiger charge is 2.23. The minimum absolute atomic E-state index is 0.0329. The van der Waals surface area contributed by atoms with Crippen LogP contribution in [0.3, 0.4) is 0 Å².